The molecule has 1 N–H and O–H groups in total. The molecule has 0 fully saturated rings. The van der Waals surface area contributed by atoms with Gasteiger partial charge < -0.3 is 10.2 Å². The van der Waals surface area contributed by atoms with Crippen molar-refractivity contribution in [2.45, 2.75) is 57.8 Å². The Morgan fingerprint density at radius 1 is 0.932 bits per heavy atom. The largest absolute Gasteiger partial charge is 0.416 e. The number of hydrogen-bond acceptors (Lipinski definition) is 4. The van der Waals surface area contributed by atoms with E-state index >= 15 is 0 Å². The summed E-state index contributed by atoms with van der Waals surface area (Å²) in [5.41, 5.74) is 0.535. The number of rotatable bonds is 15. The molecule has 3 aromatic rings. The van der Waals surface area contributed by atoms with Crippen LogP contribution < -0.4 is 9.62 Å². The summed E-state index contributed by atoms with van der Waals surface area (Å²) in [6, 6.07) is 19.9. The van der Waals surface area contributed by atoms with E-state index in [0.29, 0.717) is 6.54 Å². The lowest BCUT2D eigenvalue weighted by molar-refractivity contribution is -0.141. The van der Waals surface area contributed by atoms with Crippen LogP contribution in [0.4, 0.5) is 18.9 Å². The first-order valence-corrected chi connectivity index (χ1v) is 16.9. The minimum atomic E-state index is -4.65. The summed E-state index contributed by atoms with van der Waals surface area (Å²) in [6.45, 7) is 2.37. The molecular formula is C32H37BrF3N3O4S. The van der Waals surface area contributed by atoms with Crippen LogP contribution in [0.15, 0.2) is 83.3 Å². The van der Waals surface area contributed by atoms with Gasteiger partial charge in [-0.2, -0.15) is 13.2 Å². The van der Waals surface area contributed by atoms with E-state index in [1.54, 1.807) is 0 Å². The summed E-state index contributed by atoms with van der Waals surface area (Å²) in [5, 5.41) is 2.95. The third-order valence-corrected chi connectivity index (χ3v) is 8.64. The average Bonchev–Trinajstić information content (AvgIpc) is 2.96. The number of carbonyl (C=O) groups is 2. The van der Waals surface area contributed by atoms with Crippen LogP contribution in [0.2, 0.25) is 0 Å². The SMILES string of the molecule is CCCCNC(=O)C(Cc1ccccc1)N(Cc1cccc(Br)c1)C(=O)CCCN(c1cccc(C(F)(F)F)c1)S(C)(=O)=O. The van der Waals surface area contributed by atoms with Crippen molar-refractivity contribution < 1.29 is 31.2 Å². The second kappa shape index (κ2) is 16.1. The number of alkyl halides is 3. The second-order valence-electron chi connectivity index (χ2n) is 10.5. The Bertz CT molecular complexity index is 1500. The number of amides is 2. The zero-order chi connectivity index (χ0) is 32.3. The van der Waals surface area contributed by atoms with Crippen LogP contribution in [-0.4, -0.2) is 50.5 Å². The fourth-order valence-electron chi connectivity index (χ4n) is 4.73. The number of halogens is 4. The highest BCUT2D eigenvalue weighted by molar-refractivity contribution is 9.10. The minimum Gasteiger partial charge on any atom is -0.354 e. The maximum Gasteiger partial charge on any atom is 0.416 e. The number of nitrogens with one attached hydrogen (secondary N) is 1. The molecule has 3 aromatic carbocycles. The number of carbonyl (C=O) groups excluding carboxylic acids is 2. The van der Waals surface area contributed by atoms with E-state index in [2.05, 4.69) is 21.2 Å². The Morgan fingerprint density at radius 2 is 1.61 bits per heavy atom. The molecule has 238 valence electrons. The zero-order valence-electron chi connectivity index (χ0n) is 24.7. The Morgan fingerprint density at radius 3 is 2.25 bits per heavy atom. The fourth-order valence-corrected chi connectivity index (χ4v) is 6.14. The molecule has 3 rings (SSSR count). The molecule has 0 saturated heterocycles. The predicted octanol–water partition coefficient (Wildman–Crippen LogP) is 6.57. The van der Waals surface area contributed by atoms with Crippen LogP contribution >= 0.6 is 15.9 Å². The van der Waals surface area contributed by atoms with Gasteiger partial charge in [0.2, 0.25) is 21.8 Å². The van der Waals surface area contributed by atoms with E-state index in [4.69, 9.17) is 0 Å². The minimum absolute atomic E-state index is 0.0205. The molecule has 0 radical (unpaired) electrons. The summed E-state index contributed by atoms with van der Waals surface area (Å²) < 4.78 is 66.8. The van der Waals surface area contributed by atoms with E-state index in [1.807, 2.05) is 61.5 Å². The van der Waals surface area contributed by atoms with Crippen molar-refractivity contribution >= 4 is 43.5 Å². The second-order valence-corrected chi connectivity index (χ2v) is 13.3. The van der Waals surface area contributed by atoms with Crippen molar-refractivity contribution in [2.24, 2.45) is 0 Å². The van der Waals surface area contributed by atoms with Gasteiger partial charge in [0.1, 0.15) is 6.04 Å². The first kappa shape index (κ1) is 35.1. The lowest BCUT2D eigenvalue weighted by Gasteiger charge is -2.32. The Kier molecular flexibility index (Phi) is 12.8. The lowest BCUT2D eigenvalue weighted by Crippen LogP contribution is -2.50. The first-order chi connectivity index (χ1) is 20.8. The Labute approximate surface area is 265 Å². The van der Waals surface area contributed by atoms with Crippen molar-refractivity contribution in [1.29, 1.82) is 0 Å². The van der Waals surface area contributed by atoms with Gasteiger partial charge in [-0.3, -0.25) is 13.9 Å². The smallest absolute Gasteiger partial charge is 0.354 e. The molecule has 0 aliphatic heterocycles. The maximum absolute atomic E-state index is 13.9. The molecule has 0 aromatic heterocycles. The van der Waals surface area contributed by atoms with Crippen molar-refractivity contribution in [3.8, 4) is 0 Å². The van der Waals surface area contributed by atoms with Crippen LogP contribution in [0.3, 0.4) is 0 Å². The lowest BCUT2D eigenvalue weighted by atomic mass is 10.0. The van der Waals surface area contributed by atoms with Crippen molar-refractivity contribution in [1.82, 2.24) is 10.2 Å². The third kappa shape index (κ3) is 10.7. The average molecular weight is 697 g/mol. The molecule has 2 amide bonds. The molecular weight excluding hydrogens is 659 g/mol. The van der Waals surface area contributed by atoms with Crippen LogP contribution in [0.25, 0.3) is 0 Å². The van der Waals surface area contributed by atoms with Gasteiger partial charge in [-0.05, 0) is 54.3 Å². The van der Waals surface area contributed by atoms with Gasteiger partial charge in [0.25, 0.3) is 0 Å². The fraction of sp³-hybridized carbons (Fsp3) is 0.375. The number of unbranched alkanes of at least 4 members (excludes halogenated alkanes) is 1. The highest BCUT2D eigenvalue weighted by Gasteiger charge is 2.32. The van der Waals surface area contributed by atoms with Crippen LogP contribution in [0, 0.1) is 0 Å². The van der Waals surface area contributed by atoms with Gasteiger partial charge in [-0.25, -0.2) is 8.42 Å². The quantitative estimate of drug-likeness (QED) is 0.182. The summed E-state index contributed by atoms with van der Waals surface area (Å²) in [7, 11) is -3.96. The van der Waals surface area contributed by atoms with E-state index in [1.165, 1.54) is 11.0 Å². The predicted molar refractivity (Wildman–Crippen MR) is 169 cm³/mol. The Hall–Kier alpha value is -3.38. The van der Waals surface area contributed by atoms with E-state index < -0.39 is 27.8 Å². The van der Waals surface area contributed by atoms with E-state index in [-0.39, 0.29) is 49.9 Å². The molecule has 0 bridgehead atoms. The zero-order valence-corrected chi connectivity index (χ0v) is 27.1. The van der Waals surface area contributed by atoms with Gasteiger partial charge in [0.15, 0.2) is 0 Å². The van der Waals surface area contributed by atoms with Crippen molar-refractivity contribution in [2.75, 3.05) is 23.7 Å². The van der Waals surface area contributed by atoms with Gasteiger partial charge in [-0.1, -0.05) is 77.8 Å². The molecule has 0 aliphatic carbocycles. The summed E-state index contributed by atoms with van der Waals surface area (Å²) in [5.74, 6) is -0.679. The van der Waals surface area contributed by atoms with Crippen molar-refractivity contribution in [3.63, 3.8) is 0 Å². The monoisotopic (exact) mass is 695 g/mol. The van der Waals surface area contributed by atoms with Gasteiger partial charge in [-0.15, -0.1) is 0 Å². The molecule has 0 spiro atoms. The summed E-state index contributed by atoms with van der Waals surface area (Å²) >= 11 is 3.45. The normalized spacial score (nSPS) is 12.4. The van der Waals surface area contributed by atoms with Crippen molar-refractivity contribution in [3.05, 3.63) is 100 Å². The number of anilines is 1. The van der Waals surface area contributed by atoms with Crippen LogP contribution in [0.5, 0.6) is 0 Å². The summed E-state index contributed by atoms with van der Waals surface area (Å²) in [4.78, 5) is 28.9. The molecule has 0 heterocycles. The summed E-state index contributed by atoms with van der Waals surface area (Å²) in [6.07, 6.45) is -1.93. The Balaban J connectivity index is 1.89. The molecule has 1 unspecified atom stereocenters. The van der Waals surface area contributed by atoms with Gasteiger partial charge >= 0.3 is 6.18 Å². The van der Waals surface area contributed by atoms with Crippen LogP contribution in [0.1, 0.15) is 49.3 Å². The molecule has 44 heavy (non-hydrogen) atoms. The first-order valence-electron chi connectivity index (χ1n) is 14.3. The number of nitrogens with zero attached hydrogens (tertiary/aromatic N) is 2. The van der Waals surface area contributed by atoms with Crippen LogP contribution in [-0.2, 0) is 38.8 Å². The number of hydrogen-bond donors (Lipinski definition) is 1. The van der Waals surface area contributed by atoms with E-state index in [9.17, 15) is 31.2 Å². The molecule has 0 saturated carbocycles. The molecule has 12 heteroatoms. The topological polar surface area (TPSA) is 86.8 Å². The molecule has 0 aliphatic rings. The van der Waals surface area contributed by atoms with E-state index in [0.717, 1.165) is 57.2 Å². The molecule has 7 nitrogen and oxygen atoms in total. The van der Waals surface area contributed by atoms with Gasteiger partial charge in [0, 0.05) is 36.9 Å². The highest BCUT2D eigenvalue weighted by Crippen LogP contribution is 2.32. The number of benzene rings is 3. The third-order valence-electron chi connectivity index (χ3n) is 6.96. The van der Waals surface area contributed by atoms with Gasteiger partial charge in [0.05, 0.1) is 17.5 Å². The number of sulfonamides is 1. The standard InChI is InChI=1S/C32H37BrF3N3O4S/c1-3-4-18-37-31(41)29(21-24-11-6-5-7-12-24)38(23-25-13-8-15-27(33)20-25)30(40)17-10-19-39(44(2,42)43)28-16-9-14-26(22-28)32(34,35)36/h5-9,11-16,20,22,29H,3-4,10,17-19,21,23H2,1-2H3,(H,37,41). The highest BCUT2D eigenvalue weighted by atomic mass is 79.9. The maximum atomic E-state index is 13.9. The molecule has 1 atom stereocenters.